The lowest BCUT2D eigenvalue weighted by atomic mass is 9.87. The lowest BCUT2D eigenvalue weighted by Crippen LogP contribution is -2.53. The van der Waals surface area contributed by atoms with Crippen molar-refractivity contribution in [1.82, 2.24) is 9.62 Å². The molecule has 1 aliphatic heterocycles. The Bertz CT molecular complexity index is 990. The fourth-order valence-corrected chi connectivity index (χ4v) is 5.34. The van der Waals surface area contributed by atoms with Crippen molar-refractivity contribution in [3.05, 3.63) is 66.0 Å². The van der Waals surface area contributed by atoms with E-state index >= 15 is 0 Å². The lowest BCUT2D eigenvalue weighted by molar-refractivity contribution is -0.136. The number of halogens is 1. The van der Waals surface area contributed by atoms with Crippen LogP contribution in [-0.4, -0.2) is 43.5 Å². The molecule has 1 aliphatic rings. The number of amides is 1. The van der Waals surface area contributed by atoms with E-state index in [1.807, 2.05) is 30.3 Å². The number of likely N-dealkylation sites (tertiary alicyclic amines) is 1. The molecular weight excluding hydrogens is 419 g/mol. The predicted molar refractivity (Wildman–Crippen MR) is 116 cm³/mol. The number of hydrogen-bond donors (Lipinski definition) is 2. The number of sulfonamides is 1. The molecule has 1 fully saturated rings. The number of piperidine rings is 1. The van der Waals surface area contributed by atoms with Crippen molar-refractivity contribution >= 4 is 15.9 Å². The summed E-state index contributed by atoms with van der Waals surface area (Å²) in [4.78, 5) is 14.3. The normalized spacial score (nSPS) is 17.5. The van der Waals surface area contributed by atoms with E-state index in [1.165, 1.54) is 18.2 Å². The average Bonchev–Trinajstić information content (AvgIpc) is 2.77. The molecule has 0 aromatic heterocycles. The minimum absolute atomic E-state index is 0.0269. The summed E-state index contributed by atoms with van der Waals surface area (Å²) in [6, 6.07) is 13.5. The van der Waals surface area contributed by atoms with E-state index in [0.717, 1.165) is 11.6 Å². The molecule has 168 valence electrons. The maximum atomic E-state index is 14.0. The number of hydrogen-bond acceptors (Lipinski definition) is 4. The predicted octanol–water partition coefficient (Wildman–Crippen LogP) is 3.10. The minimum atomic E-state index is -4.19. The summed E-state index contributed by atoms with van der Waals surface area (Å²) in [5.41, 5.74) is 0.852. The Kier molecular flexibility index (Phi) is 7.46. The molecule has 1 heterocycles. The Balaban J connectivity index is 1.67. The van der Waals surface area contributed by atoms with Crippen LogP contribution in [0.1, 0.15) is 38.4 Å². The number of rotatable bonds is 7. The molecule has 2 aromatic rings. The van der Waals surface area contributed by atoms with E-state index in [0.29, 0.717) is 25.9 Å². The first-order valence-electron chi connectivity index (χ1n) is 10.5. The fraction of sp³-hybridized carbons (Fsp3) is 0.435. The zero-order chi connectivity index (χ0) is 22.6. The van der Waals surface area contributed by atoms with Gasteiger partial charge in [0.25, 0.3) is 0 Å². The van der Waals surface area contributed by atoms with Gasteiger partial charge < -0.3 is 10.0 Å². The third kappa shape index (κ3) is 5.50. The summed E-state index contributed by atoms with van der Waals surface area (Å²) in [6.07, 6.45) is 0.637. The Morgan fingerprint density at radius 3 is 2.23 bits per heavy atom. The lowest BCUT2D eigenvalue weighted by Gasteiger charge is -2.37. The zero-order valence-electron chi connectivity index (χ0n) is 17.7. The van der Waals surface area contributed by atoms with E-state index in [-0.39, 0.29) is 17.7 Å². The second-order valence-corrected chi connectivity index (χ2v) is 9.97. The second kappa shape index (κ2) is 9.89. The highest BCUT2D eigenvalue weighted by Gasteiger charge is 2.35. The Morgan fingerprint density at radius 1 is 1.06 bits per heavy atom. The molecule has 0 spiro atoms. The number of carbonyl (C=O) groups is 1. The van der Waals surface area contributed by atoms with Crippen LogP contribution in [0.3, 0.4) is 0 Å². The maximum absolute atomic E-state index is 14.0. The van der Waals surface area contributed by atoms with Crippen molar-refractivity contribution in [3.8, 4) is 0 Å². The molecule has 6 nitrogen and oxygen atoms in total. The fourth-order valence-electron chi connectivity index (χ4n) is 3.92. The van der Waals surface area contributed by atoms with Gasteiger partial charge >= 0.3 is 0 Å². The molecule has 0 aliphatic carbocycles. The molecule has 1 amide bonds. The summed E-state index contributed by atoms with van der Waals surface area (Å²) in [7, 11) is -4.19. The van der Waals surface area contributed by atoms with Gasteiger partial charge in [-0.3, -0.25) is 4.79 Å². The van der Waals surface area contributed by atoms with Crippen LogP contribution in [0.5, 0.6) is 0 Å². The zero-order valence-corrected chi connectivity index (χ0v) is 18.6. The van der Waals surface area contributed by atoms with Gasteiger partial charge in [-0.15, -0.1) is 0 Å². The maximum Gasteiger partial charge on any atom is 0.244 e. The topological polar surface area (TPSA) is 86.7 Å². The van der Waals surface area contributed by atoms with Crippen LogP contribution in [0.15, 0.2) is 59.5 Å². The highest BCUT2D eigenvalue weighted by atomic mass is 32.2. The summed E-state index contributed by atoms with van der Waals surface area (Å²) in [6.45, 7) is 4.35. The molecule has 2 N–H and O–H groups in total. The van der Waals surface area contributed by atoms with Gasteiger partial charge in [-0.25, -0.2) is 12.8 Å². The van der Waals surface area contributed by atoms with Gasteiger partial charge in [0.2, 0.25) is 15.9 Å². The van der Waals surface area contributed by atoms with Gasteiger partial charge in [0.1, 0.15) is 16.8 Å². The first kappa shape index (κ1) is 23.4. The van der Waals surface area contributed by atoms with Crippen LogP contribution in [0.25, 0.3) is 0 Å². The standard InChI is InChI=1S/C23H29FN2O4S/c1-16(2)21(25-31(29,30)20-11-7-6-10-19(20)24)23(28)26-14-12-18(13-15-26)22(27)17-8-4-3-5-9-17/h3-11,16,18,21-22,25,27H,12-15H2,1-2H3/t21-,22?/m0/s1. The molecule has 8 heteroatoms. The van der Waals surface area contributed by atoms with E-state index in [9.17, 15) is 22.7 Å². The number of carbonyl (C=O) groups excluding carboxylic acids is 1. The smallest absolute Gasteiger partial charge is 0.244 e. The van der Waals surface area contributed by atoms with Gasteiger partial charge in [0.15, 0.2) is 0 Å². The first-order chi connectivity index (χ1) is 14.7. The van der Waals surface area contributed by atoms with Crippen LogP contribution in [0.4, 0.5) is 4.39 Å². The summed E-state index contributed by atoms with van der Waals surface area (Å²) in [5.74, 6) is -1.48. The van der Waals surface area contributed by atoms with Crippen LogP contribution < -0.4 is 4.72 Å². The molecule has 0 bridgehead atoms. The van der Waals surface area contributed by atoms with Crippen LogP contribution in [0, 0.1) is 17.7 Å². The minimum Gasteiger partial charge on any atom is -0.388 e. The van der Waals surface area contributed by atoms with E-state index < -0.39 is 32.9 Å². The highest BCUT2D eigenvalue weighted by Crippen LogP contribution is 2.31. The van der Waals surface area contributed by atoms with Crippen molar-refractivity contribution in [2.75, 3.05) is 13.1 Å². The molecule has 1 unspecified atom stereocenters. The van der Waals surface area contributed by atoms with Gasteiger partial charge in [0, 0.05) is 13.1 Å². The molecule has 2 aromatic carbocycles. The van der Waals surface area contributed by atoms with Crippen molar-refractivity contribution < 1.29 is 22.7 Å². The summed E-state index contributed by atoms with van der Waals surface area (Å²) >= 11 is 0. The molecule has 31 heavy (non-hydrogen) atoms. The van der Waals surface area contributed by atoms with Gasteiger partial charge in [-0.1, -0.05) is 56.3 Å². The molecule has 0 saturated carbocycles. The largest absolute Gasteiger partial charge is 0.388 e. The SMILES string of the molecule is CC(C)[C@H](NS(=O)(=O)c1ccccc1F)C(=O)N1CCC(C(O)c2ccccc2)CC1. The quantitative estimate of drug-likeness (QED) is 0.682. The Morgan fingerprint density at radius 2 is 1.65 bits per heavy atom. The average molecular weight is 449 g/mol. The molecule has 2 atom stereocenters. The number of aliphatic hydroxyl groups excluding tert-OH is 1. The van der Waals surface area contributed by atoms with E-state index in [4.69, 9.17) is 0 Å². The number of nitrogens with one attached hydrogen (secondary N) is 1. The first-order valence-corrected chi connectivity index (χ1v) is 12.0. The van der Waals surface area contributed by atoms with Crippen molar-refractivity contribution in [3.63, 3.8) is 0 Å². The van der Waals surface area contributed by atoms with Gasteiger partial charge in [-0.2, -0.15) is 4.72 Å². The molecular formula is C23H29FN2O4S. The van der Waals surface area contributed by atoms with Crippen molar-refractivity contribution in [2.24, 2.45) is 11.8 Å². The molecule has 1 saturated heterocycles. The molecule has 0 radical (unpaired) electrons. The summed E-state index contributed by atoms with van der Waals surface area (Å²) < 4.78 is 41.8. The van der Waals surface area contributed by atoms with Gasteiger partial charge in [0.05, 0.1) is 6.10 Å². The monoisotopic (exact) mass is 448 g/mol. The summed E-state index contributed by atoms with van der Waals surface area (Å²) in [5, 5.41) is 10.6. The van der Waals surface area contributed by atoms with Crippen LogP contribution in [0.2, 0.25) is 0 Å². The third-order valence-electron chi connectivity index (χ3n) is 5.78. The number of benzene rings is 2. The van der Waals surface area contributed by atoms with Crippen LogP contribution in [-0.2, 0) is 14.8 Å². The Hall–Kier alpha value is -2.29. The van der Waals surface area contributed by atoms with E-state index in [2.05, 4.69) is 4.72 Å². The highest BCUT2D eigenvalue weighted by molar-refractivity contribution is 7.89. The van der Waals surface area contributed by atoms with Crippen molar-refractivity contribution in [1.29, 1.82) is 0 Å². The van der Waals surface area contributed by atoms with Gasteiger partial charge in [-0.05, 0) is 42.4 Å². The number of aliphatic hydroxyl groups is 1. The number of nitrogens with zero attached hydrogens (tertiary/aromatic N) is 1. The second-order valence-electron chi connectivity index (χ2n) is 8.29. The molecule has 3 rings (SSSR count). The van der Waals surface area contributed by atoms with Crippen LogP contribution >= 0.6 is 0 Å². The van der Waals surface area contributed by atoms with E-state index in [1.54, 1.807) is 18.7 Å². The Labute approximate surface area is 183 Å². The third-order valence-corrected chi connectivity index (χ3v) is 7.25. The van der Waals surface area contributed by atoms with Crippen molar-refractivity contribution in [2.45, 2.75) is 43.7 Å².